The molecule has 0 radical (unpaired) electrons. The van der Waals surface area contributed by atoms with E-state index < -0.39 is 11.7 Å². The topological polar surface area (TPSA) is 12.9 Å². The highest BCUT2D eigenvalue weighted by Crippen LogP contribution is 2.46. The van der Waals surface area contributed by atoms with E-state index >= 15 is 0 Å². The Morgan fingerprint density at radius 1 is 1.33 bits per heavy atom. The molecular formula is C14H18F3N. The lowest BCUT2D eigenvalue weighted by Gasteiger charge is -2.18. The van der Waals surface area contributed by atoms with Gasteiger partial charge in [-0.2, -0.15) is 13.2 Å². The van der Waals surface area contributed by atoms with E-state index in [0.717, 1.165) is 18.5 Å². The third-order valence-electron chi connectivity index (χ3n) is 3.37. The maximum Gasteiger partial charge on any atom is 0.418 e. The summed E-state index contributed by atoms with van der Waals surface area (Å²) < 4.78 is 39.5. The zero-order chi connectivity index (χ0) is 13.5. The van der Waals surface area contributed by atoms with E-state index in [4.69, 9.17) is 0 Å². The fourth-order valence-corrected chi connectivity index (χ4v) is 2.20. The maximum absolute atomic E-state index is 13.2. The van der Waals surface area contributed by atoms with Crippen LogP contribution < -0.4 is 0 Å². The lowest BCUT2D eigenvalue weighted by molar-refractivity contribution is -0.139. The number of nitrogens with zero attached hydrogens (tertiary/aromatic N) is 1. The number of halogens is 3. The monoisotopic (exact) mass is 257 g/mol. The Morgan fingerprint density at radius 2 is 1.94 bits per heavy atom. The van der Waals surface area contributed by atoms with Crippen molar-refractivity contribution in [1.82, 2.24) is 4.98 Å². The highest BCUT2D eigenvalue weighted by Gasteiger charge is 2.41. The summed E-state index contributed by atoms with van der Waals surface area (Å²) in [5, 5.41) is 0. The summed E-state index contributed by atoms with van der Waals surface area (Å²) in [4.78, 5) is 4.29. The molecule has 0 spiro atoms. The van der Waals surface area contributed by atoms with Crippen LogP contribution in [0.15, 0.2) is 6.07 Å². The minimum absolute atomic E-state index is 0.0191. The number of aryl methyl sites for hydroxylation is 1. The van der Waals surface area contributed by atoms with E-state index in [2.05, 4.69) is 4.98 Å². The number of alkyl halides is 3. The lowest BCUT2D eigenvalue weighted by atomic mass is 9.97. The largest absolute Gasteiger partial charge is 0.418 e. The van der Waals surface area contributed by atoms with Crippen molar-refractivity contribution in [3.8, 4) is 0 Å². The Balaban J connectivity index is 2.61. The molecule has 1 aliphatic carbocycles. The number of hydrogen-bond acceptors (Lipinski definition) is 1. The predicted molar refractivity (Wildman–Crippen MR) is 64.7 cm³/mol. The molecule has 1 aliphatic rings. The van der Waals surface area contributed by atoms with E-state index in [1.807, 2.05) is 13.8 Å². The summed E-state index contributed by atoms with van der Waals surface area (Å²) in [6.07, 6.45) is -2.22. The minimum Gasteiger partial charge on any atom is -0.257 e. The van der Waals surface area contributed by atoms with Crippen molar-refractivity contribution in [3.05, 3.63) is 28.6 Å². The summed E-state index contributed by atoms with van der Waals surface area (Å²) in [6.45, 7) is 5.70. The second-order valence-electron chi connectivity index (χ2n) is 5.25. The second kappa shape index (κ2) is 4.56. The quantitative estimate of drug-likeness (QED) is 0.767. The van der Waals surface area contributed by atoms with Crippen molar-refractivity contribution < 1.29 is 13.2 Å². The third-order valence-corrected chi connectivity index (χ3v) is 3.37. The molecule has 1 aromatic heterocycles. The SMILES string of the molecule is CCc1cc(C(C)C)nc(C2CC2)c1C(F)(F)F. The normalized spacial score (nSPS) is 16.4. The van der Waals surface area contributed by atoms with Crippen molar-refractivity contribution in [2.45, 2.75) is 58.0 Å². The number of rotatable bonds is 3. The van der Waals surface area contributed by atoms with Gasteiger partial charge in [-0.3, -0.25) is 4.98 Å². The Morgan fingerprint density at radius 3 is 2.33 bits per heavy atom. The molecule has 1 nitrogen and oxygen atoms in total. The third kappa shape index (κ3) is 2.52. The summed E-state index contributed by atoms with van der Waals surface area (Å²) in [5.74, 6) is 0.181. The van der Waals surface area contributed by atoms with Gasteiger partial charge >= 0.3 is 6.18 Å². The van der Waals surface area contributed by atoms with Crippen LogP contribution in [0.3, 0.4) is 0 Å². The lowest BCUT2D eigenvalue weighted by Crippen LogP contribution is -2.15. The van der Waals surface area contributed by atoms with E-state index in [0.29, 0.717) is 12.0 Å². The predicted octanol–water partition coefficient (Wildman–Crippen LogP) is 4.66. The molecule has 0 saturated heterocycles. The standard InChI is InChI=1S/C14H18F3N/c1-4-9-7-11(8(2)3)18-13(10-5-6-10)12(9)14(15,16)17/h7-8,10H,4-6H2,1-3H3. The van der Waals surface area contributed by atoms with E-state index in [9.17, 15) is 13.2 Å². The fourth-order valence-electron chi connectivity index (χ4n) is 2.20. The zero-order valence-electron chi connectivity index (χ0n) is 10.9. The van der Waals surface area contributed by atoms with Crippen LogP contribution in [0.2, 0.25) is 0 Å². The van der Waals surface area contributed by atoms with Crippen LogP contribution in [-0.2, 0) is 12.6 Å². The van der Waals surface area contributed by atoms with Crippen molar-refractivity contribution in [2.24, 2.45) is 0 Å². The Bertz CT molecular complexity index is 445. The maximum atomic E-state index is 13.2. The van der Waals surface area contributed by atoms with Crippen molar-refractivity contribution in [3.63, 3.8) is 0 Å². The zero-order valence-corrected chi connectivity index (χ0v) is 10.9. The van der Waals surface area contributed by atoms with Crippen LogP contribution in [0.4, 0.5) is 13.2 Å². The molecule has 0 amide bonds. The first-order valence-corrected chi connectivity index (χ1v) is 6.45. The van der Waals surface area contributed by atoms with Gasteiger partial charge in [0.1, 0.15) is 0 Å². The van der Waals surface area contributed by atoms with E-state index in [1.54, 1.807) is 13.0 Å². The second-order valence-corrected chi connectivity index (χ2v) is 5.25. The molecule has 1 saturated carbocycles. The van der Waals surface area contributed by atoms with Crippen LogP contribution in [-0.4, -0.2) is 4.98 Å². The summed E-state index contributed by atoms with van der Waals surface area (Å²) in [5.41, 5.74) is 0.979. The van der Waals surface area contributed by atoms with Crippen LogP contribution >= 0.6 is 0 Å². The van der Waals surface area contributed by atoms with Gasteiger partial charge in [-0.15, -0.1) is 0 Å². The first-order valence-electron chi connectivity index (χ1n) is 6.45. The molecule has 0 unspecified atom stereocenters. The Hall–Kier alpha value is -1.06. The van der Waals surface area contributed by atoms with Gasteiger partial charge in [-0.05, 0) is 36.8 Å². The van der Waals surface area contributed by atoms with Crippen LogP contribution in [0.5, 0.6) is 0 Å². The molecule has 0 N–H and O–H groups in total. The van der Waals surface area contributed by atoms with Crippen LogP contribution in [0.1, 0.15) is 68.0 Å². The molecular weight excluding hydrogens is 239 g/mol. The van der Waals surface area contributed by atoms with Crippen molar-refractivity contribution >= 4 is 0 Å². The van der Waals surface area contributed by atoms with Gasteiger partial charge in [-0.25, -0.2) is 0 Å². The first-order chi connectivity index (χ1) is 8.34. The molecule has 100 valence electrons. The molecule has 2 rings (SSSR count). The van der Waals surface area contributed by atoms with Crippen LogP contribution in [0.25, 0.3) is 0 Å². The fraction of sp³-hybridized carbons (Fsp3) is 0.643. The van der Waals surface area contributed by atoms with Gasteiger partial charge < -0.3 is 0 Å². The number of hydrogen-bond donors (Lipinski definition) is 0. The highest BCUT2D eigenvalue weighted by molar-refractivity contribution is 5.39. The average Bonchev–Trinajstić information content (AvgIpc) is 3.09. The molecule has 1 aromatic rings. The van der Waals surface area contributed by atoms with E-state index in [-0.39, 0.29) is 17.5 Å². The van der Waals surface area contributed by atoms with Gasteiger partial charge in [0, 0.05) is 11.6 Å². The van der Waals surface area contributed by atoms with E-state index in [1.165, 1.54) is 0 Å². The summed E-state index contributed by atoms with van der Waals surface area (Å²) in [6, 6.07) is 1.62. The minimum atomic E-state index is -4.29. The molecule has 0 atom stereocenters. The molecule has 18 heavy (non-hydrogen) atoms. The molecule has 0 bridgehead atoms. The Labute approximate surface area is 105 Å². The highest BCUT2D eigenvalue weighted by atomic mass is 19.4. The van der Waals surface area contributed by atoms with Crippen molar-refractivity contribution in [2.75, 3.05) is 0 Å². The van der Waals surface area contributed by atoms with Gasteiger partial charge in [0.25, 0.3) is 0 Å². The van der Waals surface area contributed by atoms with Crippen LogP contribution in [0, 0.1) is 0 Å². The molecule has 0 aliphatic heterocycles. The summed E-state index contributed by atoms with van der Waals surface area (Å²) in [7, 11) is 0. The van der Waals surface area contributed by atoms with Gasteiger partial charge in [0.15, 0.2) is 0 Å². The smallest absolute Gasteiger partial charge is 0.257 e. The molecule has 4 heteroatoms. The average molecular weight is 257 g/mol. The molecule has 0 aromatic carbocycles. The van der Waals surface area contributed by atoms with Gasteiger partial charge in [-0.1, -0.05) is 20.8 Å². The van der Waals surface area contributed by atoms with Gasteiger partial charge in [0.05, 0.1) is 11.3 Å². The number of pyridine rings is 1. The van der Waals surface area contributed by atoms with Gasteiger partial charge in [0.2, 0.25) is 0 Å². The van der Waals surface area contributed by atoms with Crippen molar-refractivity contribution in [1.29, 1.82) is 0 Å². The Kier molecular flexibility index (Phi) is 3.39. The summed E-state index contributed by atoms with van der Waals surface area (Å²) >= 11 is 0. The number of aromatic nitrogens is 1. The first kappa shape index (κ1) is 13.4. The molecule has 1 fully saturated rings. The molecule has 1 heterocycles.